The Morgan fingerprint density at radius 2 is 1.76 bits per heavy atom. The van der Waals surface area contributed by atoms with Crippen LogP contribution < -0.4 is 5.32 Å². The number of benzene rings is 1. The second-order valence-corrected chi connectivity index (χ2v) is 5.47. The molecule has 0 heterocycles. The van der Waals surface area contributed by atoms with Gasteiger partial charge in [0.15, 0.2) is 0 Å². The first kappa shape index (κ1) is 14.7. The summed E-state index contributed by atoms with van der Waals surface area (Å²) >= 11 is 3.49. The number of hydrogen-bond donors (Lipinski definition) is 1. The first-order valence-electron chi connectivity index (χ1n) is 6.76. The molecule has 2 heteroatoms. The second kappa shape index (κ2) is 8.71. The summed E-state index contributed by atoms with van der Waals surface area (Å²) in [5, 5.41) is 3.65. The fraction of sp³-hybridized carbons (Fsp3) is 0.600. The van der Waals surface area contributed by atoms with Crippen molar-refractivity contribution in [3.05, 3.63) is 34.3 Å². The van der Waals surface area contributed by atoms with E-state index in [9.17, 15) is 0 Å². The van der Waals surface area contributed by atoms with Gasteiger partial charge in [-0.05, 0) is 37.1 Å². The first-order valence-corrected chi connectivity index (χ1v) is 7.56. The predicted molar refractivity (Wildman–Crippen MR) is 79.3 cm³/mol. The molecule has 1 unspecified atom stereocenters. The van der Waals surface area contributed by atoms with Gasteiger partial charge in [0.05, 0.1) is 0 Å². The highest BCUT2D eigenvalue weighted by atomic mass is 79.9. The summed E-state index contributed by atoms with van der Waals surface area (Å²) in [6.45, 7) is 5.58. The largest absolute Gasteiger partial charge is 0.310 e. The maximum Gasteiger partial charge on any atom is 0.0320 e. The maximum absolute atomic E-state index is 3.65. The zero-order valence-corrected chi connectivity index (χ0v) is 12.6. The first-order chi connectivity index (χ1) is 8.27. The highest BCUT2D eigenvalue weighted by Gasteiger charge is 2.09. The van der Waals surface area contributed by atoms with Gasteiger partial charge in [-0.25, -0.2) is 0 Å². The quantitative estimate of drug-likeness (QED) is 0.661. The van der Waals surface area contributed by atoms with Gasteiger partial charge in [0.25, 0.3) is 0 Å². The minimum atomic E-state index is 0.523. The molecular formula is C15H24BrN. The van der Waals surface area contributed by atoms with E-state index in [-0.39, 0.29) is 0 Å². The van der Waals surface area contributed by atoms with Gasteiger partial charge in [-0.1, -0.05) is 61.2 Å². The van der Waals surface area contributed by atoms with Crippen molar-refractivity contribution in [1.82, 2.24) is 5.32 Å². The Morgan fingerprint density at radius 3 is 2.35 bits per heavy atom. The van der Waals surface area contributed by atoms with E-state index >= 15 is 0 Å². The lowest BCUT2D eigenvalue weighted by Crippen LogP contribution is -2.22. The zero-order valence-electron chi connectivity index (χ0n) is 11.0. The minimum absolute atomic E-state index is 0.523. The van der Waals surface area contributed by atoms with E-state index in [1.54, 1.807) is 0 Å². The van der Waals surface area contributed by atoms with Crippen LogP contribution in [0.5, 0.6) is 0 Å². The molecular weight excluding hydrogens is 274 g/mol. The van der Waals surface area contributed by atoms with Crippen LogP contribution in [-0.4, -0.2) is 6.54 Å². The summed E-state index contributed by atoms with van der Waals surface area (Å²) < 4.78 is 1.16. The average Bonchev–Trinajstić information content (AvgIpc) is 2.35. The van der Waals surface area contributed by atoms with Gasteiger partial charge in [0.2, 0.25) is 0 Å². The van der Waals surface area contributed by atoms with Crippen LogP contribution in [0, 0.1) is 0 Å². The molecule has 17 heavy (non-hydrogen) atoms. The lowest BCUT2D eigenvalue weighted by molar-refractivity contribution is 0.474. The third-order valence-electron chi connectivity index (χ3n) is 3.01. The standard InChI is InChI=1S/C15H24BrN/c1-3-5-6-7-15(17-12-4-2)13-8-10-14(16)11-9-13/h8-11,15,17H,3-7,12H2,1-2H3. The number of unbranched alkanes of at least 4 members (excludes halogenated alkanes) is 2. The molecule has 0 aliphatic heterocycles. The fourth-order valence-electron chi connectivity index (χ4n) is 2.00. The number of halogens is 1. The van der Waals surface area contributed by atoms with Crippen molar-refractivity contribution in [3.8, 4) is 0 Å². The summed E-state index contributed by atoms with van der Waals surface area (Å²) in [6.07, 6.45) is 6.38. The minimum Gasteiger partial charge on any atom is -0.310 e. The van der Waals surface area contributed by atoms with Crippen LogP contribution >= 0.6 is 15.9 Å². The van der Waals surface area contributed by atoms with Crippen LogP contribution in [0.25, 0.3) is 0 Å². The molecule has 1 aromatic carbocycles. The molecule has 1 rings (SSSR count). The van der Waals surface area contributed by atoms with Crippen molar-refractivity contribution < 1.29 is 0 Å². The topological polar surface area (TPSA) is 12.0 Å². The molecule has 0 radical (unpaired) electrons. The zero-order chi connectivity index (χ0) is 12.5. The highest BCUT2D eigenvalue weighted by molar-refractivity contribution is 9.10. The van der Waals surface area contributed by atoms with Crippen LogP contribution in [0.3, 0.4) is 0 Å². The molecule has 1 nitrogen and oxygen atoms in total. The van der Waals surface area contributed by atoms with Crippen molar-refractivity contribution in [1.29, 1.82) is 0 Å². The molecule has 96 valence electrons. The molecule has 0 saturated carbocycles. The Kier molecular flexibility index (Phi) is 7.54. The van der Waals surface area contributed by atoms with E-state index in [4.69, 9.17) is 0 Å². The van der Waals surface area contributed by atoms with Gasteiger partial charge >= 0.3 is 0 Å². The van der Waals surface area contributed by atoms with E-state index in [0.717, 1.165) is 11.0 Å². The SMILES string of the molecule is CCCCCC(NCCC)c1ccc(Br)cc1. The molecule has 1 N–H and O–H groups in total. The molecule has 0 spiro atoms. The number of rotatable bonds is 8. The molecule has 0 aliphatic rings. The molecule has 1 atom stereocenters. The highest BCUT2D eigenvalue weighted by Crippen LogP contribution is 2.22. The lowest BCUT2D eigenvalue weighted by atomic mass is 10.0. The summed E-state index contributed by atoms with van der Waals surface area (Å²) in [6, 6.07) is 9.24. The van der Waals surface area contributed by atoms with Crippen molar-refractivity contribution in [2.24, 2.45) is 0 Å². The van der Waals surface area contributed by atoms with Gasteiger partial charge in [0.1, 0.15) is 0 Å². The van der Waals surface area contributed by atoms with Gasteiger partial charge < -0.3 is 5.32 Å². The molecule has 0 aliphatic carbocycles. The van der Waals surface area contributed by atoms with Crippen molar-refractivity contribution >= 4 is 15.9 Å². The number of nitrogens with one attached hydrogen (secondary N) is 1. The second-order valence-electron chi connectivity index (χ2n) is 4.55. The van der Waals surface area contributed by atoms with Gasteiger partial charge in [-0.3, -0.25) is 0 Å². The normalized spacial score (nSPS) is 12.6. The van der Waals surface area contributed by atoms with Gasteiger partial charge in [-0.2, -0.15) is 0 Å². The summed E-state index contributed by atoms with van der Waals surface area (Å²) in [5.41, 5.74) is 1.41. The van der Waals surface area contributed by atoms with Crippen molar-refractivity contribution in [3.63, 3.8) is 0 Å². The molecule has 0 aromatic heterocycles. The van der Waals surface area contributed by atoms with Crippen LogP contribution in [0.4, 0.5) is 0 Å². The van der Waals surface area contributed by atoms with Crippen molar-refractivity contribution in [2.75, 3.05) is 6.54 Å². The fourth-order valence-corrected chi connectivity index (χ4v) is 2.26. The van der Waals surface area contributed by atoms with Crippen LogP contribution in [0.1, 0.15) is 57.6 Å². The Balaban J connectivity index is 2.57. The van der Waals surface area contributed by atoms with E-state index in [2.05, 4.69) is 59.4 Å². The number of hydrogen-bond acceptors (Lipinski definition) is 1. The Bertz CT molecular complexity index is 294. The third kappa shape index (κ3) is 5.69. The van der Waals surface area contributed by atoms with E-state index in [0.29, 0.717) is 6.04 Å². The predicted octanol–water partition coefficient (Wildman–Crippen LogP) is 5.07. The van der Waals surface area contributed by atoms with E-state index in [1.165, 1.54) is 37.7 Å². The molecule has 0 fully saturated rings. The average molecular weight is 298 g/mol. The molecule has 0 amide bonds. The molecule has 0 bridgehead atoms. The van der Waals surface area contributed by atoms with E-state index in [1.807, 2.05) is 0 Å². The van der Waals surface area contributed by atoms with Gasteiger partial charge in [0, 0.05) is 10.5 Å². The van der Waals surface area contributed by atoms with E-state index < -0.39 is 0 Å². The Hall–Kier alpha value is -0.340. The van der Waals surface area contributed by atoms with Crippen LogP contribution in [0.15, 0.2) is 28.7 Å². The smallest absolute Gasteiger partial charge is 0.0320 e. The summed E-state index contributed by atoms with van der Waals surface area (Å²) in [7, 11) is 0. The Labute approximate surface area is 114 Å². The maximum atomic E-state index is 3.65. The van der Waals surface area contributed by atoms with Crippen molar-refractivity contribution in [2.45, 2.75) is 52.0 Å². The summed E-state index contributed by atoms with van der Waals surface area (Å²) in [4.78, 5) is 0. The van der Waals surface area contributed by atoms with Crippen LogP contribution in [-0.2, 0) is 0 Å². The van der Waals surface area contributed by atoms with Gasteiger partial charge in [-0.15, -0.1) is 0 Å². The van der Waals surface area contributed by atoms with Crippen LogP contribution in [0.2, 0.25) is 0 Å². The monoisotopic (exact) mass is 297 g/mol. The summed E-state index contributed by atoms with van der Waals surface area (Å²) in [5.74, 6) is 0. The molecule has 0 saturated heterocycles. The Morgan fingerprint density at radius 1 is 1.06 bits per heavy atom. The molecule has 1 aromatic rings. The lowest BCUT2D eigenvalue weighted by Gasteiger charge is -2.19. The third-order valence-corrected chi connectivity index (χ3v) is 3.54.